The molecule has 7 nitrogen and oxygen atoms in total. The molecule has 0 heterocycles. The molecule has 4 aromatic rings. The van der Waals surface area contributed by atoms with Gasteiger partial charge in [-0.3, -0.25) is 14.4 Å². The van der Waals surface area contributed by atoms with Crippen molar-refractivity contribution in [3.63, 3.8) is 0 Å². The predicted molar refractivity (Wildman–Crippen MR) is 203 cm³/mol. The van der Waals surface area contributed by atoms with Crippen LogP contribution >= 0.6 is 34.8 Å². The molecule has 0 saturated heterocycles. The van der Waals surface area contributed by atoms with Gasteiger partial charge in [0.1, 0.15) is 11.8 Å². The number of ether oxygens (including phenoxy) is 1. The summed E-state index contributed by atoms with van der Waals surface area (Å²) < 4.78 is 5.80. The molecule has 10 heteroatoms. The number of hydrogen-bond donors (Lipinski definition) is 2. The lowest BCUT2D eigenvalue weighted by Gasteiger charge is -2.18. The third kappa shape index (κ3) is 12.0. The van der Waals surface area contributed by atoms with Gasteiger partial charge < -0.3 is 15.2 Å². The van der Waals surface area contributed by atoms with Gasteiger partial charge in [0.05, 0.1) is 32.8 Å². The van der Waals surface area contributed by atoms with Gasteiger partial charge in [0, 0.05) is 24.8 Å². The minimum absolute atomic E-state index is 0.0165. The Balaban J connectivity index is 1.33. The van der Waals surface area contributed by atoms with Gasteiger partial charge in [-0.15, -0.1) is 0 Å². The molecular weight excluding hydrogens is 709 g/mol. The number of halogens is 3. The van der Waals surface area contributed by atoms with E-state index in [2.05, 4.69) is 26.1 Å². The fourth-order valence-electron chi connectivity index (χ4n) is 5.57. The minimum atomic E-state index is -1.26. The highest BCUT2D eigenvalue weighted by molar-refractivity contribution is 6.40. The Morgan fingerprint density at radius 1 is 0.804 bits per heavy atom. The van der Waals surface area contributed by atoms with E-state index in [1.807, 2.05) is 31.2 Å². The summed E-state index contributed by atoms with van der Waals surface area (Å²) in [5.41, 5.74) is 4.31. The fourth-order valence-corrected chi connectivity index (χ4v) is 6.52. The Labute approximate surface area is 314 Å². The number of Topliss-reactive ketones (excluding diaryl/α,β-unsaturated/α-hetero) is 2. The molecule has 0 spiro atoms. The van der Waals surface area contributed by atoms with Gasteiger partial charge in [0.15, 0.2) is 11.6 Å². The van der Waals surface area contributed by atoms with Gasteiger partial charge in [-0.2, -0.15) is 0 Å². The van der Waals surface area contributed by atoms with E-state index in [4.69, 9.17) is 39.5 Å². The Hall–Kier alpha value is -4.17. The van der Waals surface area contributed by atoms with Crippen LogP contribution in [-0.2, 0) is 24.1 Å². The standard InChI is InChI=1S/C41H42Cl3NO6/c1-25-7-5-8-26(19-25)13-16-36(46)29-14-15-31(32(42)22-29)39(48)45-35(40(49)50)20-27-9-11-28(12-10-27)21-37(47)38-33(43)23-30(24-34(38)44)51-18-6-17-41(2,3)4/h5,7-12,14-15,19,22-24,35H,6,13,16-18,20-21H2,1-4H3,(H,45,48)(H,49,50)/t35-/m0/s1. The van der Waals surface area contributed by atoms with Crippen LogP contribution in [0.2, 0.25) is 15.1 Å². The Bertz CT molecular complexity index is 1880. The third-order valence-electron chi connectivity index (χ3n) is 8.32. The van der Waals surface area contributed by atoms with E-state index in [0.717, 1.165) is 24.0 Å². The molecule has 0 saturated carbocycles. The molecule has 0 aliphatic rings. The Morgan fingerprint density at radius 3 is 2.08 bits per heavy atom. The van der Waals surface area contributed by atoms with E-state index >= 15 is 0 Å². The molecule has 0 aliphatic heterocycles. The van der Waals surface area contributed by atoms with Crippen molar-refractivity contribution in [3.8, 4) is 5.75 Å². The number of ketones is 2. The van der Waals surface area contributed by atoms with Crippen molar-refractivity contribution in [3.05, 3.63) is 133 Å². The number of benzene rings is 4. The number of carbonyl (C=O) groups is 4. The lowest BCUT2D eigenvalue weighted by atomic mass is 9.91. The highest BCUT2D eigenvalue weighted by atomic mass is 35.5. The quantitative estimate of drug-likeness (QED) is 0.0872. The number of carboxylic acid groups (broad SMARTS) is 1. The van der Waals surface area contributed by atoms with Crippen molar-refractivity contribution < 1.29 is 29.0 Å². The molecule has 1 amide bonds. The minimum Gasteiger partial charge on any atom is -0.493 e. The van der Waals surface area contributed by atoms with Crippen molar-refractivity contribution in [2.24, 2.45) is 5.41 Å². The maximum Gasteiger partial charge on any atom is 0.326 e. The summed E-state index contributed by atoms with van der Waals surface area (Å²) in [5, 5.41) is 12.9. The first kappa shape index (κ1) is 39.6. The van der Waals surface area contributed by atoms with Crippen molar-refractivity contribution in [2.45, 2.75) is 72.3 Å². The number of aryl methyl sites for hydroxylation is 2. The lowest BCUT2D eigenvalue weighted by Crippen LogP contribution is -2.42. The van der Waals surface area contributed by atoms with Gasteiger partial charge in [-0.25, -0.2) is 4.79 Å². The lowest BCUT2D eigenvalue weighted by molar-refractivity contribution is -0.139. The highest BCUT2D eigenvalue weighted by Crippen LogP contribution is 2.32. The first-order valence-electron chi connectivity index (χ1n) is 16.7. The summed E-state index contributed by atoms with van der Waals surface area (Å²) in [6.07, 6.45) is 2.73. The zero-order valence-electron chi connectivity index (χ0n) is 29.2. The molecule has 1 atom stereocenters. The zero-order valence-corrected chi connectivity index (χ0v) is 31.4. The van der Waals surface area contributed by atoms with Gasteiger partial charge in [-0.05, 0) is 72.6 Å². The van der Waals surface area contributed by atoms with E-state index in [1.165, 1.54) is 18.2 Å². The fraction of sp³-hybridized carbons (Fsp3) is 0.317. The van der Waals surface area contributed by atoms with Crippen LogP contribution in [0.1, 0.15) is 93.4 Å². The first-order valence-corrected chi connectivity index (χ1v) is 17.9. The number of carboxylic acids is 1. The van der Waals surface area contributed by atoms with Crippen LogP contribution in [0.3, 0.4) is 0 Å². The average molecular weight is 751 g/mol. The van der Waals surface area contributed by atoms with E-state index in [9.17, 15) is 24.3 Å². The van der Waals surface area contributed by atoms with Gasteiger partial charge in [0.25, 0.3) is 5.91 Å². The first-order chi connectivity index (χ1) is 24.1. The summed E-state index contributed by atoms with van der Waals surface area (Å²) >= 11 is 19.3. The molecule has 4 rings (SSSR count). The average Bonchev–Trinajstić information content (AvgIpc) is 3.05. The van der Waals surface area contributed by atoms with Crippen LogP contribution in [-0.4, -0.2) is 41.2 Å². The Morgan fingerprint density at radius 2 is 1.47 bits per heavy atom. The molecular formula is C41H42Cl3NO6. The van der Waals surface area contributed by atoms with E-state index in [0.29, 0.717) is 35.5 Å². The maximum absolute atomic E-state index is 13.2. The molecule has 0 unspecified atom stereocenters. The summed E-state index contributed by atoms with van der Waals surface area (Å²) in [6.45, 7) is 9.00. The molecule has 0 aromatic heterocycles. The van der Waals surface area contributed by atoms with Crippen LogP contribution in [0.5, 0.6) is 5.75 Å². The second-order valence-corrected chi connectivity index (χ2v) is 15.1. The van der Waals surface area contributed by atoms with Crippen LogP contribution in [0.15, 0.2) is 78.9 Å². The van der Waals surface area contributed by atoms with E-state index in [1.54, 1.807) is 36.4 Å². The molecule has 0 aliphatic carbocycles. The zero-order chi connectivity index (χ0) is 37.3. The largest absolute Gasteiger partial charge is 0.493 e. The number of rotatable bonds is 16. The van der Waals surface area contributed by atoms with Crippen molar-refractivity contribution in [1.82, 2.24) is 5.32 Å². The van der Waals surface area contributed by atoms with Gasteiger partial charge >= 0.3 is 5.97 Å². The topological polar surface area (TPSA) is 110 Å². The number of aliphatic carboxylic acids is 1. The number of carbonyl (C=O) groups excluding carboxylic acids is 3. The molecule has 51 heavy (non-hydrogen) atoms. The van der Waals surface area contributed by atoms with Crippen molar-refractivity contribution in [2.75, 3.05) is 6.61 Å². The number of amides is 1. The monoisotopic (exact) mass is 749 g/mol. The van der Waals surface area contributed by atoms with E-state index in [-0.39, 0.29) is 62.4 Å². The Kier molecular flexibility index (Phi) is 13.9. The molecule has 4 aromatic carbocycles. The maximum atomic E-state index is 13.2. The normalized spacial score (nSPS) is 11.9. The third-order valence-corrected chi connectivity index (χ3v) is 9.23. The van der Waals surface area contributed by atoms with Gasteiger partial charge in [-0.1, -0.05) is 116 Å². The summed E-state index contributed by atoms with van der Waals surface area (Å²) in [7, 11) is 0. The molecule has 0 fully saturated rings. The molecule has 2 N–H and O–H groups in total. The molecule has 0 radical (unpaired) electrons. The van der Waals surface area contributed by atoms with Crippen LogP contribution in [0.4, 0.5) is 0 Å². The van der Waals surface area contributed by atoms with Crippen LogP contribution in [0, 0.1) is 12.3 Å². The van der Waals surface area contributed by atoms with Gasteiger partial charge in [0.2, 0.25) is 0 Å². The summed E-state index contributed by atoms with van der Waals surface area (Å²) in [6, 6.07) is 21.1. The van der Waals surface area contributed by atoms with E-state index < -0.39 is 17.9 Å². The smallest absolute Gasteiger partial charge is 0.326 e. The van der Waals surface area contributed by atoms with Crippen molar-refractivity contribution >= 4 is 58.2 Å². The van der Waals surface area contributed by atoms with Crippen LogP contribution < -0.4 is 10.1 Å². The molecule has 0 bridgehead atoms. The highest BCUT2D eigenvalue weighted by Gasteiger charge is 2.24. The predicted octanol–water partition coefficient (Wildman–Crippen LogP) is 9.83. The molecule has 268 valence electrons. The second-order valence-electron chi connectivity index (χ2n) is 13.9. The van der Waals surface area contributed by atoms with Crippen LogP contribution in [0.25, 0.3) is 0 Å². The summed E-state index contributed by atoms with van der Waals surface area (Å²) in [5.74, 6) is -1.80. The number of hydrogen-bond acceptors (Lipinski definition) is 5. The van der Waals surface area contributed by atoms with Crippen molar-refractivity contribution in [1.29, 1.82) is 0 Å². The SMILES string of the molecule is Cc1cccc(CCC(=O)c2ccc(C(=O)N[C@@H](Cc3ccc(CC(=O)c4c(Cl)cc(OCCCC(C)(C)C)cc4Cl)cc3)C(=O)O)c(Cl)c2)c1. The number of nitrogens with one attached hydrogen (secondary N) is 1. The summed E-state index contributed by atoms with van der Waals surface area (Å²) in [4.78, 5) is 51.1. The second kappa shape index (κ2) is 17.9.